The zero-order valence-corrected chi connectivity index (χ0v) is 18.7. The van der Waals surface area contributed by atoms with Gasteiger partial charge < -0.3 is 14.9 Å². The van der Waals surface area contributed by atoms with Gasteiger partial charge in [-0.05, 0) is 42.3 Å². The van der Waals surface area contributed by atoms with E-state index in [9.17, 15) is 9.90 Å². The number of Topliss-reactive ketones (excluding diaryl/α,β-unsaturated/α-hetero) is 1. The highest BCUT2D eigenvalue weighted by Crippen LogP contribution is 2.42. The van der Waals surface area contributed by atoms with Gasteiger partial charge in [-0.25, -0.2) is 0 Å². The van der Waals surface area contributed by atoms with Gasteiger partial charge in [-0.3, -0.25) is 14.6 Å². The van der Waals surface area contributed by atoms with Crippen LogP contribution in [0.15, 0.2) is 30.0 Å². The number of hydrogen-bond acceptors (Lipinski definition) is 6. The minimum atomic E-state index is -0.229. The first-order valence-electron chi connectivity index (χ1n) is 10.2. The number of aryl methyl sites for hydroxylation is 1. The Balaban J connectivity index is 1.61. The van der Waals surface area contributed by atoms with E-state index in [-0.39, 0.29) is 23.9 Å². The summed E-state index contributed by atoms with van der Waals surface area (Å²) in [7, 11) is 0. The highest BCUT2D eigenvalue weighted by atomic mass is 35.5. The van der Waals surface area contributed by atoms with E-state index in [1.807, 2.05) is 0 Å². The van der Waals surface area contributed by atoms with Gasteiger partial charge in [0.25, 0.3) is 0 Å². The lowest BCUT2D eigenvalue weighted by atomic mass is 9.99. The Morgan fingerprint density at radius 1 is 1.13 bits per heavy atom. The van der Waals surface area contributed by atoms with Crippen molar-refractivity contribution in [1.29, 1.82) is 0 Å². The molecule has 0 atom stereocenters. The Morgan fingerprint density at radius 2 is 1.84 bits per heavy atom. The van der Waals surface area contributed by atoms with Crippen LogP contribution in [0.5, 0.6) is 11.5 Å². The summed E-state index contributed by atoms with van der Waals surface area (Å²) in [6, 6.07) is 6.66. The largest absolute Gasteiger partial charge is 0.507 e. The van der Waals surface area contributed by atoms with Gasteiger partial charge in [-0.1, -0.05) is 29.3 Å². The number of carbonyl (C=O) groups excluding carboxylic acids is 1. The van der Waals surface area contributed by atoms with E-state index in [2.05, 4.69) is 9.80 Å². The van der Waals surface area contributed by atoms with Crippen LogP contribution >= 0.6 is 23.2 Å². The average molecular weight is 463 g/mol. The van der Waals surface area contributed by atoms with Crippen molar-refractivity contribution in [2.75, 3.05) is 39.3 Å². The fraction of sp³-hybridized carbons (Fsp3) is 0.348. The molecule has 0 aromatic heterocycles. The minimum Gasteiger partial charge on any atom is -0.507 e. The standard InChI is InChI=1S/C23H24Cl2N2O4/c1-14-10-19(29)17(13-27-6-4-26(5-7-27)8-9-28)23-21(14)22(30)20(31-23)11-15-2-3-16(24)12-18(15)25/h2-3,10-12,28-29H,4-9,13H2,1H3/b20-11-. The number of β-amino-alcohol motifs (C(OH)–C–C–N with tert-alkyl or cyclic N) is 1. The lowest BCUT2D eigenvalue weighted by molar-refractivity contribution is 0.101. The summed E-state index contributed by atoms with van der Waals surface area (Å²) >= 11 is 12.2. The number of aromatic hydroxyl groups is 1. The molecule has 2 aliphatic rings. The zero-order valence-electron chi connectivity index (χ0n) is 17.2. The van der Waals surface area contributed by atoms with Gasteiger partial charge in [0.1, 0.15) is 11.5 Å². The number of halogens is 2. The molecule has 2 aromatic rings. The fourth-order valence-electron chi connectivity index (χ4n) is 4.03. The van der Waals surface area contributed by atoms with E-state index in [4.69, 9.17) is 33.0 Å². The van der Waals surface area contributed by atoms with Gasteiger partial charge >= 0.3 is 0 Å². The molecule has 164 valence electrons. The molecule has 8 heteroatoms. The van der Waals surface area contributed by atoms with Gasteiger partial charge in [0, 0.05) is 49.3 Å². The molecule has 0 saturated carbocycles. The number of phenols is 1. The van der Waals surface area contributed by atoms with E-state index in [0.29, 0.717) is 51.1 Å². The topological polar surface area (TPSA) is 73.2 Å². The van der Waals surface area contributed by atoms with Crippen LogP contribution in [0.4, 0.5) is 0 Å². The van der Waals surface area contributed by atoms with Crippen molar-refractivity contribution >= 4 is 35.1 Å². The second-order valence-electron chi connectivity index (χ2n) is 7.84. The summed E-state index contributed by atoms with van der Waals surface area (Å²) in [5.41, 5.74) is 2.38. The molecule has 0 aliphatic carbocycles. The molecule has 1 fully saturated rings. The van der Waals surface area contributed by atoms with Crippen LogP contribution in [-0.2, 0) is 6.54 Å². The van der Waals surface area contributed by atoms with Crippen molar-refractivity contribution in [3.63, 3.8) is 0 Å². The number of aliphatic hydroxyl groups excluding tert-OH is 1. The molecule has 0 spiro atoms. The molecular weight excluding hydrogens is 439 g/mol. The Morgan fingerprint density at radius 3 is 2.52 bits per heavy atom. The number of carbonyl (C=O) groups is 1. The van der Waals surface area contributed by atoms with Crippen molar-refractivity contribution in [1.82, 2.24) is 9.80 Å². The van der Waals surface area contributed by atoms with Crippen LogP contribution in [0.3, 0.4) is 0 Å². The van der Waals surface area contributed by atoms with Gasteiger partial charge in [-0.15, -0.1) is 0 Å². The third kappa shape index (κ3) is 4.59. The van der Waals surface area contributed by atoms with Crippen LogP contribution in [-0.4, -0.2) is 65.1 Å². The smallest absolute Gasteiger partial charge is 0.232 e. The van der Waals surface area contributed by atoms with Crippen molar-refractivity contribution < 1.29 is 19.7 Å². The van der Waals surface area contributed by atoms with Crippen molar-refractivity contribution in [3.8, 4) is 11.5 Å². The molecule has 2 heterocycles. The number of aliphatic hydroxyl groups is 1. The Hall–Kier alpha value is -2.09. The number of benzene rings is 2. The maximum Gasteiger partial charge on any atom is 0.232 e. The van der Waals surface area contributed by atoms with Crippen LogP contribution in [0, 0.1) is 6.92 Å². The summed E-state index contributed by atoms with van der Waals surface area (Å²) in [6.07, 6.45) is 1.61. The summed E-state index contributed by atoms with van der Waals surface area (Å²) in [6.45, 7) is 6.37. The van der Waals surface area contributed by atoms with Crippen LogP contribution in [0.25, 0.3) is 6.08 Å². The number of rotatable bonds is 5. The Labute approximate surface area is 191 Å². The first-order chi connectivity index (χ1) is 14.9. The zero-order chi connectivity index (χ0) is 22.1. The minimum absolute atomic E-state index is 0.118. The number of phenolic OH excluding ortho intramolecular Hbond substituents is 1. The monoisotopic (exact) mass is 462 g/mol. The van der Waals surface area contributed by atoms with Gasteiger partial charge in [-0.2, -0.15) is 0 Å². The first-order valence-corrected chi connectivity index (χ1v) is 10.9. The van der Waals surface area contributed by atoms with E-state index in [0.717, 1.165) is 26.2 Å². The molecule has 1 saturated heterocycles. The van der Waals surface area contributed by atoms with Crippen molar-refractivity contribution in [2.24, 2.45) is 0 Å². The summed E-state index contributed by atoms with van der Waals surface area (Å²) in [5.74, 6) is 0.471. The number of allylic oxidation sites excluding steroid dienone is 1. The van der Waals surface area contributed by atoms with E-state index in [1.165, 1.54) is 0 Å². The summed E-state index contributed by atoms with van der Waals surface area (Å²) in [5, 5.41) is 20.7. The van der Waals surface area contributed by atoms with Gasteiger partial charge in [0.05, 0.1) is 17.7 Å². The molecule has 2 aromatic carbocycles. The van der Waals surface area contributed by atoms with Crippen LogP contribution < -0.4 is 4.74 Å². The summed E-state index contributed by atoms with van der Waals surface area (Å²) < 4.78 is 5.99. The van der Waals surface area contributed by atoms with Crippen LogP contribution in [0.1, 0.15) is 27.0 Å². The predicted octanol–water partition coefficient (Wildman–Crippen LogP) is 3.73. The normalized spacial score (nSPS) is 18.5. The second kappa shape index (κ2) is 9.18. The molecule has 2 aliphatic heterocycles. The molecule has 6 nitrogen and oxygen atoms in total. The van der Waals surface area contributed by atoms with E-state index in [1.54, 1.807) is 37.3 Å². The lowest BCUT2D eigenvalue weighted by Crippen LogP contribution is -2.46. The molecule has 0 radical (unpaired) electrons. The molecule has 4 rings (SSSR count). The Bertz CT molecular complexity index is 1050. The predicted molar refractivity (Wildman–Crippen MR) is 121 cm³/mol. The van der Waals surface area contributed by atoms with E-state index < -0.39 is 0 Å². The van der Waals surface area contributed by atoms with Gasteiger partial charge in [0.15, 0.2) is 5.76 Å². The number of hydrogen-bond donors (Lipinski definition) is 2. The molecule has 0 amide bonds. The van der Waals surface area contributed by atoms with Crippen LogP contribution in [0.2, 0.25) is 10.0 Å². The maximum atomic E-state index is 13.1. The fourth-order valence-corrected chi connectivity index (χ4v) is 4.49. The summed E-state index contributed by atoms with van der Waals surface area (Å²) in [4.78, 5) is 17.5. The molecule has 31 heavy (non-hydrogen) atoms. The highest BCUT2D eigenvalue weighted by Gasteiger charge is 2.34. The second-order valence-corrected chi connectivity index (χ2v) is 8.69. The molecule has 0 bridgehead atoms. The number of fused-ring (bicyclic) bond motifs is 1. The molecular formula is C23H24Cl2N2O4. The third-order valence-corrected chi connectivity index (χ3v) is 6.30. The number of ether oxygens (including phenoxy) is 1. The number of nitrogens with zero attached hydrogens (tertiary/aromatic N) is 2. The molecule has 0 unspecified atom stereocenters. The Kier molecular flexibility index (Phi) is 6.55. The molecule has 2 N–H and O–H groups in total. The maximum absolute atomic E-state index is 13.1. The first kappa shape index (κ1) is 22.1. The van der Waals surface area contributed by atoms with Crippen molar-refractivity contribution in [2.45, 2.75) is 13.5 Å². The van der Waals surface area contributed by atoms with E-state index >= 15 is 0 Å². The average Bonchev–Trinajstić information content (AvgIpc) is 3.05. The van der Waals surface area contributed by atoms with Crippen molar-refractivity contribution in [3.05, 3.63) is 62.3 Å². The quantitative estimate of drug-likeness (QED) is 0.659. The van der Waals surface area contributed by atoms with Gasteiger partial charge in [0.2, 0.25) is 5.78 Å². The third-order valence-electron chi connectivity index (χ3n) is 5.73. The number of piperazine rings is 1. The SMILES string of the molecule is Cc1cc(O)c(CN2CCN(CCO)CC2)c2c1C(=O)/C(=C/c1ccc(Cl)cc1Cl)O2. The highest BCUT2D eigenvalue weighted by molar-refractivity contribution is 6.35. The lowest BCUT2D eigenvalue weighted by Gasteiger charge is -2.34. The number of ketones is 1.